The zero-order chi connectivity index (χ0) is 22.6. The second kappa shape index (κ2) is 7.89. The fourth-order valence-corrected chi connectivity index (χ4v) is 9.02. The maximum atomic E-state index is 10.9. The molecule has 8 heteroatoms. The maximum Gasteiger partial charge on any atom is 0.270 e. The molecule has 0 fully saturated rings. The van der Waals surface area contributed by atoms with E-state index >= 15 is 0 Å². The highest BCUT2D eigenvalue weighted by molar-refractivity contribution is 8.14. The molecule has 6 rings (SSSR count). The fourth-order valence-electron chi connectivity index (χ4n) is 4.33. The average Bonchev–Trinajstić information content (AvgIpc) is 2.83. The van der Waals surface area contributed by atoms with E-state index in [1.165, 1.54) is 0 Å². The summed E-state index contributed by atoms with van der Waals surface area (Å²) >= 11 is 11.5. The highest BCUT2D eigenvalue weighted by atomic mass is 32.5. The van der Waals surface area contributed by atoms with Gasteiger partial charge in [0.2, 0.25) is 0 Å². The van der Waals surface area contributed by atoms with E-state index in [1.54, 1.807) is 0 Å². The molecule has 4 nitrogen and oxygen atoms in total. The normalized spacial score (nSPS) is 22.1. The van der Waals surface area contributed by atoms with Gasteiger partial charge in [0.25, 0.3) is 13.0 Å². The summed E-state index contributed by atoms with van der Waals surface area (Å²) in [5, 5.41) is 1.53. The second-order valence-corrected chi connectivity index (χ2v) is 14.3. The van der Waals surface area contributed by atoms with Crippen LogP contribution in [0.1, 0.15) is 5.56 Å². The summed E-state index contributed by atoms with van der Waals surface area (Å²) in [5.41, 5.74) is 4.69. The van der Waals surface area contributed by atoms with E-state index in [0.29, 0.717) is 11.1 Å². The minimum atomic E-state index is -3.18. The molecule has 4 aromatic carbocycles. The molecule has 0 saturated heterocycles. The van der Waals surface area contributed by atoms with Crippen molar-refractivity contribution < 1.29 is 18.5 Å². The lowest BCUT2D eigenvalue weighted by Crippen LogP contribution is -2.21. The molecule has 0 amide bonds. The highest BCUT2D eigenvalue weighted by Crippen LogP contribution is 2.57. The smallest absolute Gasteiger partial charge is 0.270 e. The predicted molar refractivity (Wildman–Crippen MR) is 140 cm³/mol. The molecule has 0 spiro atoms. The third-order valence-corrected chi connectivity index (χ3v) is 11.1. The summed E-state index contributed by atoms with van der Waals surface area (Å²) in [6, 6.07) is 29.2. The van der Waals surface area contributed by atoms with Crippen LogP contribution in [0.15, 0.2) is 91.0 Å². The van der Waals surface area contributed by atoms with Crippen LogP contribution < -0.4 is 19.7 Å². The van der Waals surface area contributed by atoms with Crippen LogP contribution in [0.4, 0.5) is 0 Å². The van der Waals surface area contributed by atoms with E-state index in [1.807, 2.05) is 84.9 Å². The van der Waals surface area contributed by atoms with Gasteiger partial charge in [-0.15, -0.1) is 0 Å². The lowest BCUT2D eigenvalue weighted by Gasteiger charge is -2.32. The molecule has 0 aromatic heterocycles. The van der Waals surface area contributed by atoms with Gasteiger partial charge in [0.05, 0.1) is 17.2 Å². The Bertz CT molecular complexity index is 1520. The Labute approximate surface area is 202 Å². The lowest BCUT2D eigenvalue weighted by molar-refractivity contribution is 0.308. The molecule has 0 radical (unpaired) electrons. The summed E-state index contributed by atoms with van der Waals surface area (Å²) in [6.45, 7) is -5.78. The van der Waals surface area contributed by atoms with E-state index in [4.69, 9.17) is 37.2 Å². The van der Waals surface area contributed by atoms with E-state index in [-0.39, 0.29) is 6.61 Å². The zero-order valence-electron chi connectivity index (χ0n) is 17.3. The maximum absolute atomic E-state index is 10.9. The van der Waals surface area contributed by atoms with Crippen LogP contribution in [-0.4, -0.2) is 4.89 Å². The quantitative estimate of drug-likeness (QED) is 0.349. The number of hydrogen-bond acceptors (Lipinski definition) is 5. The first-order chi connectivity index (χ1) is 16.0. The van der Waals surface area contributed by atoms with Crippen LogP contribution in [0.25, 0.3) is 22.3 Å². The van der Waals surface area contributed by atoms with Gasteiger partial charge in [-0.1, -0.05) is 66.7 Å². The molecule has 33 heavy (non-hydrogen) atoms. The van der Waals surface area contributed by atoms with Gasteiger partial charge in [-0.25, -0.2) is 0 Å². The third-order valence-electron chi connectivity index (χ3n) is 5.80. The van der Waals surface area contributed by atoms with E-state index < -0.39 is 13.0 Å². The first kappa shape index (κ1) is 21.2. The van der Waals surface area contributed by atoms with Crippen molar-refractivity contribution in [1.82, 2.24) is 0 Å². The summed E-state index contributed by atoms with van der Waals surface area (Å²) in [6.07, 6.45) is 0. The molecule has 2 aliphatic heterocycles. The molecule has 0 aliphatic carbocycles. The van der Waals surface area contributed by atoms with Crippen LogP contribution in [0.5, 0.6) is 11.5 Å². The molecule has 4 aromatic rings. The zero-order valence-corrected chi connectivity index (χ0v) is 20.7. The van der Waals surface area contributed by atoms with Crippen LogP contribution in [0.3, 0.4) is 0 Å². The van der Waals surface area contributed by atoms with Gasteiger partial charge in [0.1, 0.15) is 11.5 Å². The van der Waals surface area contributed by atoms with Gasteiger partial charge in [-0.05, 0) is 59.0 Å². The summed E-state index contributed by atoms with van der Waals surface area (Å²) < 4.78 is 18.6. The number of rotatable bonds is 3. The minimum Gasteiger partial charge on any atom is -0.440 e. The van der Waals surface area contributed by atoms with Gasteiger partial charge in [-0.3, -0.25) is 0 Å². The van der Waals surface area contributed by atoms with Crippen molar-refractivity contribution in [2.75, 3.05) is 0 Å². The molecule has 1 N–H and O–H groups in total. The van der Waals surface area contributed by atoms with Gasteiger partial charge < -0.3 is 18.5 Å². The first-order valence-electron chi connectivity index (χ1n) is 10.3. The van der Waals surface area contributed by atoms with Crippen molar-refractivity contribution in [2.24, 2.45) is 0 Å². The molecular weight excluding hydrogens is 490 g/mol. The molecular formula is C25H18O4P2S2. The van der Waals surface area contributed by atoms with Crippen LogP contribution in [0, 0.1) is 0 Å². The average molecular weight is 508 g/mol. The van der Waals surface area contributed by atoms with Gasteiger partial charge >= 0.3 is 0 Å². The minimum absolute atomic E-state index is 0.223. The van der Waals surface area contributed by atoms with Crippen molar-refractivity contribution in [3.05, 3.63) is 96.6 Å². The number of benzene rings is 4. The SMILES string of the molecule is OP1(=S)Oc2ccccc2-c2c(COP3(=S)Oc4ccccc4-c4ccccc43)cccc21. The Morgan fingerprint density at radius 3 is 2.06 bits per heavy atom. The van der Waals surface area contributed by atoms with Crippen molar-refractivity contribution in [3.63, 3.8) is 0 Å². The first-order valence-corrected chi connectivity index (χ1v) is 15.6. The lowest BCUT2D eigenvalue weighted by atomic mass is 9.99. The number of hydrogen-bond donors (Lipinski definition) is 1. The van der Waals surface area contributed by atoms with E-state index in [0.717, 1.165) is 38.9 Å². The topological polar surface area (TPSA) is 47.9 Å². The Morgan fingerprint density at radius 1 is 0.667 bits per heavy atom. The Morgan fingerprint density at radius 2 is 1.27 bits per heavy atom. The molecule has 2 unspecified atom stereocenters. The predicted octanol–water partition coefficient (Wildman–Crippen LogP) is 5.88. The van der Waals surface area contributed by atoms with Crippen molar-refractivity contribution >= 4 is 47.2 Å². The Kier molecular flexibility index (Phi) is 5.08. The standard InChI is InChI=1S/C25H18O4P2S2/c26-30(32)24-15-7-8-17(25(24)20-11-2-5-13-22(20)28-30)16-27-31(33)23-14-6-3-10-19(23)18-9-1-4-12-21(18)29-31/h1-15H,16H2,(H,26,32). The van der Waals surface area contributed by atoms with Gasteiger partial charge in [-0.2, -0.15) is 0 Å². The van der Waals surface area contributed by atoms with Gasteiger partial charge in [0, 0.05) is 16.7 Å². The summed E-state index contributed by atoms with van der Waals surface area (Å²) in [7, 11) is 0. The van der Waals surface area contributed by atoms with E-state index in [2.05, 4.69) is 6.07 Å². The molecule has 2 heterocycles. The van der Waals surface area contributed by atoms with Crippen molar-refractivity contribution in [3.8, 4) is 33.8 Å². The van der Waals surface area contributed by atoms with Crippen LogP contribution >= 0.6 is 13.0 Å². The van der Waals surface area contributed by atoms with Gasteiger partial charge in [0.15, 0.2) is 0 Å². The van der Waals surface area contributed by atoms with Crippen LogP contribution in [0.2, 0.25) is 0 Å². The third kappa shape index (κ3) is 3.50. The van der Waals surface area contributed by atoms with Crippen molar-refractivity contribution in [1.29, 1.82) is 0 Å². The van der Waals surface area contributed by atoms with Crippen LogP contribution in [-0.2, 0) is 34.7 Å². The summed E-state index contributed by atoms with van der Waals surface area (Å²) in [4.78, 5) is 10.9. The molecule has 0 saturated carbocycles. The highest BCUT2D eigenvalue weighted by Gasteiger charge is 2.35. The Hall–Kier alpha value is -2.30. The fraction of sp³-hybridized carbons (Fsp3) is 0.0400. The molecule has 0 bridgehead atoms. The molecule has 2 aliphatic rings. The second-order valence-electron chi connectivity index (χ2n) is 7.79. The van der Waals surface area contributed by atoms with Crippen molar-refractivity contribution in [2.45, 2.75) is 6.61 Å². The summed E-state index contributed by atoms with van der Waals surface area (Å²) in [5.74, 6) is 1.32. The molecule has 2 atom stereocenters. The monoisotopic (exact) mass is 508 g/mol. The number of fused-ring (bicyclic) bond motifs is 6. The van der Waals surface area contributed by atoms with E-state index in [9.17, 15) is 4.89 Å². The Balaban J connectivity index is 1.43. The molecule has 164 valence electrons. The number of para-hydroxylation sites is 2. The largest absolute Gasteiger partial charge is 0.440 e.